The minimum Gasteiger partial charge on any atom is -0.395 e. The van der Waals surface area contributed by atoms with Crippen LogP contribution in [0.5, 0.6) is 0 Å². The molecule has 2 aromatic carbocycles. The molecule has 1 aliphatic heterocycles. The van der Waals surface area contributed by atoms with Crippen LogP contribution >= 0.6 is 0 Å². The van der Waals surface area contributed by atoms with Gasteiger partial charge in [0.15, 0.2) is 0 Å². The minimum absolute atomic E-state index is 0.105. The highest BCUT2D eigenvalue weighted by atomic mass is 16.3. The molecule has 1 aliphatic rings. The number of benzene rings is 2. The molecule has 0 atom stereocenters. The molecule has 2 amide bonds. The number of hydrogen-bond donors (Lipinski definition) is 1. The zero-order valence-corrected chi connectivity index (χ0v) is 16.1. The number of likely N-dealkylation sites (N-methyl/N-ethyl adjacent to an activating group) is 1. The molecule has 1 heterocycles. The Kier molecular flexibility index (Phi) is 5.15. The topological polar surface area (TPSA) is 60.9 Å². The maximum absolute atomic E-state index is 13.3. The summed E-state index contributed by atoms with van der Waals surface area (Å²) in [6, 6.07) is 13.1. The highest BCUT2D eigenvalue weighted by Gasteiger charge is 2.41. The number of amides is 2. The number of carbonyl (C=O) groups is 2. The number of anilines is 1. The van der Waals surface area contributed by atoms with E-state index in [-0.39, 0.29) is 25.0 Å². The van der Waals surface area contributed by atoms with Gasteiger partial charge in [0, 0.05) is 13.6 Å². The van der Waals surface area contributed by atoms with E-state index in [2.05, 4.69) is 0 Å². The molecule has 0 unspecified atom stereocenters. The van der Waals surface area contributed by atoms with Crippen molar-refractivity contribution in [1.82, 2.24) is 4.90 Å². The van der Waals surface area contributed by atoms with Crippen LogP contribution in [0.25, 0.3) is 5.57 Å². The van der Waals surface area contributed by atoms with E-state index in [9.17, 15) is 14.7 Å². The van der Waals surface area contributed by atoms with E-state index in [1.54, 1.807) is 18.0 Å². The Morgan fingerprint density at radius 2 is 1.59 bits per heavy atom. The number of nitrogens with zero attached hydrogens (tertiary/aromatic N) is 2. The number of aryl methyl sites for hydroxylation is 3. The Morgan fingerprint density at radius 3 is 2.19 bits per heavy atom. The summed E-state index contributed by atoms with van der Waals surface area (Å²) < 4.78 is 0. The Bertz CT molecular complexity index is 929. The first-order valence-electron chi connectivity index (χ1n) is 8.94. The number of hydrogen-bond acceptors (Lipinski definition) is 4. The number of rotatable bonds is 5. The fourth-order valence-corrected chi connectivity index (χ4v) is 3.21. The second-order valence-electron chi connectivity index (χ2n) is 6.95. The summed E-state index contributed by atoms with van der Waals surface area (Å²) in [5.41, 5.74) is 5.14. The first-order valence-corrected chi connectivity index (χ1v) is 8.94. The molecule has 0 radical (unpaired) electrons. The third-order valence-corrected chi connectivity index (χ3v) is 4.97. The van der Waals surface area contributed by atoms with Gasteiger partial charge in [-0.15, -0.1) is 0 Å². The highest BCUT2D eigenvalue weighted by Crippen LogP contribution is 2.34. The molecule has 1 N–H and O–H groups in total. The van der Waals surface area contributed by atoms with Crippen LogP contribution in [0.15, 0.2) is 48.2 Å². The quantitative estimate of drug-likeness (QED) is 0.829. The van der Waals surface area contributed by atoms with Crippen molar-refractivity contribution in [2.24, 2.45) is 0 Å². The van der Waals surface area contributed by atoms with Crippen molar-refractivity contribution in [1.29, 1.82) is 0 Å². The molecule has 0 saturated carbocycles. The number of imide groups is 1. The van der Waals surface area contributed by atoms with Gasteiger partial charge < -0.3 is 10.0 Å². The fraction of sp³-hybridized carbons (Fsp3) is 0.273. The largest absolute Gasteiger partial charge is 0.395 e. The van der Waals surface area contributed by atoms with Gasteiger partial charge in [-0.2, -0.15) is 0 Å². The van der Waals surface area contributed by atoms with E-state index in [4.69, 9.17) is 0 Å². The fourth-order valence-electron chi connectivity index (χ4n) is 3.21. The van der Waals surface area contributed by atoms with Gasteiger partial charge in [-0.25, -0.2) is 4.90 Å². The van der Waals surface area contributed by atoms with Gasteiger partial charge in [0.2, 0.25) is 0 Å². The van der Waals surface area contributed by atoms with Crippen LogP contribution in [0.3, 0.4) is 0 Å². The van der Waals surface area contributed by atoms with E-state index >= 15 is 0 Å². The molecule has 140 valence electrons. The van der Waals surface area contributed by atoms with Crippen molar-refractivity contribution in [3.05, 3.63) is 70.4 Å². The zero-order chi connectivity index (χ0) is 19.7. The van der Waals surface area contributed by atoms with Crippen LogP contribution < -0.4 is 4.90 Å². The maximum Gasteiger partial charge on any atom is 0.282 e. The summed E-state index contributed by atoms with van der Waals surface area (Å²) in [5, 5.41) is 9.32. The minimum atomic E-state index is -0.366. The van der Waals surface area contributed by atoms with E-state index in [1.807, 2.05) is 57.2 Å². The van der Waals surface area contributed by atoms with Crippen molar-refractivity contribution in [2.45, 2.75) is 20.8 Å². The van der Waals surface area contributed by atoms with Gasteiger partial charge in [-0.05, 0) is 49.6 Å². The van der Waals surface area contributed by atoms with Crippen molar-refractivity contribution >= 4 is 23.1 Å². The van der Waals surface area contributed by atoms with E-state index in [1.165, 1.54) is 4.90 Å². The number of aliphatic hydroxyl groups is 1. The van der Waals surface area contributed by atoms with Gasteiger partial charge >= 0.3 is 0 Å². The molecule has 5 heteroatoms. The third kappa shape index (κ3) is 3.38. The maximum atomic E-state index is 13.3. The second-order valence-corrected chi connectivity index (χ2v) is 6.95. The third-order valence-electron chi connectivity index (χ3n) is 4.97. The first-order chi connectivity index (χ1) is 12.8. The molecule has 0 aromatic heterocycles. The van der Waals surface area contributed by atoms with Crippen LogP contribution in [-0.2, 0) is 9.59 Å². The first kappa shape index (κ1) is 18.9. The predicted molar refractivity (Wildman–Crippen MR) is 106 cm³/mol. The molecule has 0 saturated heterocycles. The Morgan fingerprint density at radius 1 is 0.926 bits per heavy atom. The molecule has 27 heavy (non-hydrogen) atoms. The van der Waals surface area contributed by atoms with Crippen LogP contribution in [-0.4, -0.2) is 42.0 Å². The molecular weight excluding hydrogens is 340 g/mol. The van der Waals surface area contributed by atoms with E-state index in [0.717, 1.165) is 16.7 Å². The van der Waals surface area contributed by atoms with Crippen LogP contribution in [0.4, 0.5) is 5.69 Å². The lowest BCUT2D eigenvalue weighted by Gasteiger charge is -2.20. The van der Waals surface area contributed by atoms with Crippen LogP contribution in [0, 0.1) is 20.8 Å². The molecule has 5 nitrogen and oxygen atoms in total. The van der Waals surface area contributed by atoms with Crippen molar-refractivity contribution in [3.63, 3.8) is 0 Å². The van der Waals surface area contributed by atoms with Crippen molar-refractivity contribution < 1.29 is 14.7 Å². The van der Waals surface area contributed by atoms with Gasteiger partial charge in [0.1, 0.15) is 5.70 Å². The summed E-state index contributed by atoms with van der Waals surface area (Å²) in [6.07, 6.45) is 0. The Hall–Kier alpha value is -2.92. The van der Waals surface area contributed by atoms with Crippen LogP contribution in [0.1, 0.15) is 22.3 Å². The average molecular weight is 364 g/mol. The lowest BCUT2D eigenvalue weighted by atomic mass is 10.0. The van der Waals surface area contributed by atoms with Gasteiger partial charge in [-0.3, -0.25) is 9.59 Å². The monoisotopic (exact) mass is 364 g/mol. The van der Waals surface area contributed by atoms with Crippen LogP contribution in [0.2, 0.25) is 0 Å². The number of carbonyl (C=O) groups excluding carboxylic acids is 2. The van der Waals surface area contributed by atoms with Gasteiger partial charge in [0.25, 0.3) is 11.8 Å². The van der Waals surface area contributed by atoms with Gasteiger partial charge in [-0.1, -0.05) is 35.9 Å². The summed E-state index contributed by atoms with van der Waals surface area (Å²) in [6.45, 7) is 6.08. The molecule has 2 aromatic rings. The standard InChI is InChI=1S/C22H24N2O3/c1-14-5-8-17(9-6-14)19-20(23(4)11-12-25)22(27)24(21(19)26)18-10-7-15(2)16(3)13-18/h5-10,13,25H,11-12H2,1-4H3. The molecule has 3 rings (SSSR count). The SMILES string of the molecule is Cc1ccc(C2=C(N(C)CCO)C(=O)N(c3ccc(C)c(C)c3)C2=O)cc1. The summed E-state index contributed by atoms with van der Waals surface area (Å²) >= 11 is 0. The van der Waals surface area contributed by atoms with E-state index in [0.29, 0.717) is 22.5 Å². The second kappa shape index (κ2) is 7.37. The van der Waals surface area contributed by atoms with Gasteiger partial charge in [0.05, 0.1) is 17.9 Å². The normalized spacial score (nSPS) is 14.3. The van der Waals surface area contributed by atoms with E-state index < -0.39 is 0 Å². The smallest absolute Gasteiger partial charge is 0.282 e. The molecule has 0 bridgehead atoms. The molecule has 0 fully saturated rings. The van der Waals surface area contributed by atoms with Crippen molar-refractivity contribution in [3.8, 4) is 0 Å². The number of aliphatic hydroxyl groups excluding tert-OH is 1. The Labute approximate surface area is 159 Å². The molecular formula is C22H24N2O3. The molecule has 0 spiro atoms. The summed E-state index contributed by atoms with van der Waals surface area (Å²) in [7, 11) is 1.72. The molecule has 0 aliphatic carbocycles. The lowest BCUT2D eigenvalue weighted by molar-refractivity contribution is -0.120. The van der Waals surface area contributed by atoms with Crippen molar-refractivity contribution in [2.75, 3.05) is 25.1 Å². The summed E-state index contributed by atoms with van der Waals surface area (Å²) in [4.78, 5) is 29.4. The lowest BCUT2D eigenvalue weighted by Crippen LogP contribution is -2.35. The predicted octanol–water partition coefficient (Wildman–Crippen LogP) is 2.82. The average Bonchev–Trinajstić information content (AvgIpc) is 2.89. The highest BCUT2D eigenvalue weighted by molar-refractivity contribution is 6.45. The summed E-state index contributed by atoms with van der Waals surface area (Å²) in [5.74, 6) is -0.707. The Balaban J connectivity index is 2.13. The zero-order valence-electron chi connectivity index (χ0n) is 16.1.